The number of hydrogen-bond donors (Lipinski definition) is 3. The predicted octanol–water partition coefficient (Wildman–Crippen LogP) is 5.42. The molecule has 0 saturated heterocycles. The highest BCUT2D eigenvalue weighted by Gasteiger charge is 2.25. The largest absolute Gasteiger partial charge is 0.435 e. The fraction of sp³-hybridized carbons (Fsp3) is 0.154. The first kappa shape index (κ1) is 23.0. The monoisotopic (exact) mass is 485 g/mol. The van der Waals surface area contributed by atoms with Gasteiger partial charge in [-0.3, -0.25) is 9.89 Å². The Balaban J connectivity index is 1.53. The predicted molar refractivity (Wildman–Crippen MR) is 135 cm³/mol. The van der Waals surface area contributed by atoms with Crippen LogP contribution in [0.4, 0.5) is 16.0 Å². The summed E-state index contributed by atoms with van der Waals surface area (Å²) in [5.74, 6) is -0.412. The summed E-state index contributed by atoms with van der Waals surface area (Å²) in [6.45, 7) is 4.13. The van der Waals surface area contributed by atoms with Gasteiger partial charge in [0, 0.05) is 36.3 Å². The van der Waals surface area contributed by atoms with Crippen LogP contribution in [0, 0.1) is 12.7 Å². The van der Waals surface area contributed by atoms with Crippen molar-refractivity contribution in [3.63, 3.8) is 0 Å². The summed E-state index contributed by atoms with van der Waals surface area (Å²) in [4.78, 5) is 26.3. The number of carbonyl (C=O) groups excluding carboxylic acids is 1. The van der Waals surface area contributed by atoms with Gasteiger partial charge in [0.1, 0.15) is 11.9 Å². The Kier molecular flexibility index (Phi) is 6.07. The van der Waals surface area contributed by atoms with E-state index in [1.807, 2.05) is 44.2 Å². The number of rotatable bonds is 7. The number of nitrogens with one attached hydrogen (secondary N) is 3. The average Bonchev–Trinajstić information content (AvgIpc) is 3.52. The zero-order valence-corrected chi connectivity index (χ0v) is 20.0. The van der Waals surface area contributed by atoms with Crippen molar-refractivity contribution in [2.24, 2.45) is 0 Å². The second kappa shape index (κ2) is 9.49. The molecule has 9 nitrogen and oxygen atoms in total. The lowest BCUT2D eigenvalue weighted by atomic mass is 10.1. The fourth-order valence-corrected chi connectivity index (χ4v) is 3.81. The lowest BCUT2D eigenvalue weighted by molar-refractivity contribution is 0.0799. The van der Waals surface area contributed by atoms with Gasteiger partial charge in [-0.15, -0.1) is 0 Å². The lowest BCUT2D eigenvalue weighted by Gasteiger charge is -2.19. The molecule has 2 aromatic carbocycles. The Morgan fingerprint density at radius 2 is 1.94 bits per heavy atom. The van der Waals surface area contributed by atoms with Gasteiger partial charge in [-0.2, -0.15) is 5.10 Å². The third kappa shape index (κ3) is 4.36. The van der Waals surface area contributed by atoms with Crippen LogP contribution in [0.25, 0.3) is 22.2 Å². The Bertz CT molecular complexity index is 1540. The molecule has 0 spiro atoms. The van der Waals surface area contributed by atoms with Crippen molar-refractivity contribution in [3.8, 4) is 22.9 Å². The van der Waals surface area contributed by atoms with Crippen LogP contribution >= 0.6 is 0 Å². The van der Waals surface area contributed by atoms with Gasteiger partial charge in [-0.05, 0) is 37.6 Å². The number of H-pyrrole nitrogens is 2. The zero-order chi connectivity index (χ0) is 25.2. The van der Waals surface area contributed by atoms with Crippen molar-refractivity contribution in [3.05, 3.63) is 78.0 Å². The van der Waals surface area contributed by atoms with Gasteiger partial charge in [0.25, 0.3) is 5.91 Å². The van der Waals surface area contributed by atoms with Gasteiger partial charge in [-0.1, -0.05) is 30.3 Å². The molecule has 5 rings (SSSR count). The van der Waals surface area contributed by atoms with Crippen LogP contribution in [0.1, 0.15) is 23.0 Å². The number of hydrogen-bond acceptors (Lipinski definition) is 6. The molecule has 182 valence electrons. The quantitative estimate of drug-likeness (QED) is 0.284. The van der Waals surface area contributed by atoms with Gasteiger partial charge in [0.05, 0.1) is 5.69 Å². The maximum Gasteiger partial charge on any atom is 0.262 e. The smallest absolute Gasteiger partial charge is 0.262 e. The van der Waals surface area contributed by atoms with Gasteiger partial charge in [0.15, 0.2) is 23.2 Å². The maximum absolute atomic E-state index is 15.2. The van der Waals surface area contributed by atoms with E-state index < -0.39 is 5.82 Å². The SMILES string of the molecule is CCN(C)C(=O)c1c(Nc2cc(-c3ccccc3)[nH]n2)ncnc1Oc1ccc2[nH]c(C)cc2c1F. The lowest BCUT2D eigenvalue weighted by Crippen LogP contribution is -2.28. The second-order valence-corrected chi connectivity index (χ2v) is 8.27. The minimum absolute atomic E-state index is 0.0505. The first-order valence-corrected chi connectivity index (χ1v) is 11.4. The second-order valence-electron chi connectivity index (χ2n) is 8.27. The van der Waals surface area contributed by atoms with Gasteiger partial charge in [-0.25, -0.2) is 14.4 Å². The van der Waals surface area contributed by atoms with Crippen LogP contribution in [0.2, 0.25) is 0 Å². The van der Waals surface area contributed by atoms with E-state index in [9.17, 15) is 4.79 Å². The highest BCUT2D eigenvalue weighted by Crippen LogP contribution is 2.34. The fourth-order valence-electron chi connectivity index (χ4n) is 3.81. The summed E-state index contributed by atoms with van der Waals surface area (Å²) in [6, 6.07) is 16.4. The van der Waals surface area contributed by atoms with E-state index in [2.05, 4.69) is 30.5 Å². The van der Waals surface area contributed by atoms with Gasteiger partial charge in [0.2, 0.25) is 5.88 Å². The molecular weight excluding hydrogens is 461 g/mol. The molecular formula is C26H24FN7O2. The molecule has 0 bridgehead atoms. The van der Waals surface area contributed by atoms with Crippen molar-refractivity contribution in [2.45, 2.75) is 13.8 Å². The number of aromatic amines is 2. The van der Waals surface area contributed by atoms with Crippen molar-refractivity contribution in [2.75, 3.05) is 18.9 Å². The minimum atomic E-state index is -0.549. The molecule has 0 aliphatic heterocycles. The van der Waals surface area contributed by atoms with Crippen LogP contribution < -0.4 is 10.1 Å². The van der Waals surface area contributed by atoms with Crippen molar-refractivity contribution >= 4 is 28.4 Å². The van der Waals surface area contributed by atoms with E-state index in [1.165, 1.54) is 17.3 Å². The number of aryl methyl sites for hydroxylation is 1. The number of nitrogens with zero attached hydrogens (tertiary/aromatic N) is 4. The summed E-state index contributed by atoms with van der Waals surface area (Å²) in [6.07, 6.45) is 1.25. The van der Waals surface area contributed by atoms with Crippen molar-refractivity contribution < 1.29 is 13.9 Å². The molecule has 0 atom stereocenters. The van der Waals surface area contributed by atoms with Gasteiger partial charge >= 0.3 is 0 Å². The third-order valence-electron chi connectivity index (χ3n) is 5.80. The standard InChI is InChI=1S/C26H24FN7O2/c1-4-34(3)26(35)22-24(31-21-13-19(32-33-21)16-8-6-5-7-9-16)28-14-29-25(22)36-20-11-10-18-17(23(20)27)12-15(2)30-18/h5-14,30H,4H2,1-3H3,(H2,28,29,31,32,33). The number of anilines is 2. The third-order valence-corrected chi connectivity index (χ3v) is 5.80. The number of carbonyl (C=O) groups is 1. The zero-order valence-electron chi connectivity index (χ0n) is 20.0. The van der Waals surface area contributed by atoms with Crippen LogP contribution in [0.3, 0.4) is 0 Å². The Labute approximate surface area is 206 Å². The summed E-state index contributed by atoms with van der Waals surface area (Å²) >= 11 is 0. The number of amides is 1. The highest BCUT2D eigenvalue weighted by atomic mass is 19.1. The van der Waals surface area contributed by atoms with E-state index in [0.717, 1.165) is 17.0 Å². The molecule has 0 radical (unpaired) electrons. The molecule has 3 N–H and O–H groups in total. The molecule has 10 heteroatoms. The highest BCUT2D eigenvalue weighted by molar-refractivity contribution is 6.01. The molecule has 0 aliphatic rings. The molecule has 3 aromatic heterocycles. The summed E-state index contributed by atoms with van der Waals surface area (Å²) in [5.41, 5.74) is 3.29. The number of aromatic nitrogens is 5. The van der Waals surface area contributed by atoms with E-state index in [0.29, 0.717) is 23.3 Å². The normalized spacial score (nSPS) is 11.0. The molecule has 0 fully saturated rings. The van der Waals surface area contributed by atoms with Crippen LogP contribution in [-0.4, -0.2) is 49.5 Å². The van der Waals surface area contributed by atoms with Crippen LogP contribution in [-0.2, 0) is 0 Å². The Hall–Kier alpha value is -4.73. The van der Waals surface area contributed by atoms with E-state index in [1.54, 1.807) is 25.2 Å². The van der Waals surface area contributed by atoms with Gasteiger partial charge < -0.3 is 19.9 Å². The summed E-state index contributed by atoms with van der Waals surface area (Å²) in [7, 11) is 1.65. The van der Waals surface area contributed by atoms with Crippen molar-refractivity contribution in [1.82, 2.24) is 30.0 Å². The molecule has 5 aromatic rings. The maximum atomic E-state index is 15.2. The molecule has 0 aliphatic carbocycles. The summed E-state index contributed by atoms with van der Waals surface area (Å²) in [5, 5.41) is 10.7. The minimum Gasteiger partial charge on any atom is -0.435 e. The van der Waals surface area contributed by atoms with E-state index >= 15 is 4.39 Å². The van der Waals surface area contributed by atoms with Crippen molar-refractivity contribution in [1.29, 1.82) is 0 Å². The average molecular weight is 486 g/mol. The number of benzene rings is 2. The molecule has 0 saturated carbocycles. The Morgan fingerprint density at radius 1 is 1.14 bits per heavy atom. The first-order chi connectivity index (χ1) is 17.4. The van der Waals surface area contributed by atoms with E-state index in [-0.39, 0.29) is 28.9 Å². The molecule has 0 unspecified atom stereocenters. The Morgan fingerprint density at radius 3 is 2.72 bits per heavy atom. The van der Waals surface area contributed by atoms with Crippen LogP contribution in [0.15, 0.2) is 60.9 Å². The van der Waals surface area contributed by atoms with E-state index in [4.69, 9.17) is 4.74 Å². The molecule has 36 heavy (non-hydrogen) atoms. The number of fused-ring (bicyclic) bond motifs is 1. The number of ether oxygens (including phenoxy) is 1. The molecule has 3 heterocycles. The first-order valence-electron chi connectivity index (χ1n) is 11.4. The summed E-state index contributed by atoms with van der Waals surface area (Å²) < 4.78 is 21.1. The number of halogens is 1. The molecule has 1 amide bonds. The van der Waals surface area contributed by atoms with Crippen LogP contribution in [0.5, 0.6) is 11.6 Å². The topological polar surface area (TPSA) is 112 Å².